The molecule has 6 nitrogen and oxygen atoms in total. The molecule has 2 aromatic rings. The number of para-hydroxylation sites is 1. The SMILES string of the molecule is COC(=O)c1ccc(C=NNC(=O)CNc2ccccc2C)cc1. The third kappa shape index (κ3) is 4.95. The Balaban J connectivity index is 1.82. The minimum absolute atomic E-state index is 0.128. The fraction of sp³-hybridized carbons (Fsp3) is 0.167. The van der Waals surface area contributed by atoms with Crippen LogP contribution in [0.15, 0.2) is 53.6 Å². The van der Waals surface area contributed by atoms with Crippen LogP contribution in [0.25, 0.3) is 0 Å². The molecular formula is C18H19N3O3. The van der Waals surface area contributed by atoms with Crippen molar-refractivity contribution in [2.24, 2.45) is 5.10 Å². The lowest BCUT2D eigenvalue weighted by Gasteiger charge is -2.07. The summed E-state index contributed by atoms with van der Waals surface area (Å²) in [6.07, 6.45) is 1.51. The van der Waals surface area contributed by atoms with Gasteiger partial charge in [0.1, 0.15) is 0 Å². The van der Waals surface area contributed by atoms with E-state index in [4.69, 9.17) is 0 Å². The number of aryl methyl sites for hydroxylation is 1. The Bertz CT molecular complexity index is 739. The number of carbonyl (C=O) groups excluding carboxylic acids is 2. The number of benzene rings is 2. The number of carbonyl (C=O) groups is 2. The summed E-state index contributed by atoms with van der Waals surface area (Å²) in [6.45, 7) is 2.10. The van der Waals surface area contributed by atoms with Crippen molar-refractivity contribution in [1.29, 1.82) is 0 Å². The highest BCUT2D eigenvalue weighted by Gasteiger charge is 2.04. The Kier molecular flexibility index (Phi) is 6.08. The Morgan fingerprint density at radius 1 is 1.12 bits per heavy atom. The first kappa shape index (κ1) is 17.2. The highest BCUT2D eigenvalue weighted by molar-refractivity contribution is 5.91. The van der Waals surface area contributed by atoms with Gasteiger partial charge in [-0.25, -0.2) is 10.2 Å². The maximum Gasteiger partial charge on any atom is 0.337 e. The molecule has 2 rings (SSSR count). The number of esters is 1. The number of amides is 1. The molecule has 24 heavy (non-hydrogen) atoms. The van der Waals surface area contributed by atoms with Crippen molar-refractivity contribution >= 4 is 23.8 Å². The highest BCUT2D eigenvalue weighted by Crippen LogP contribution is 2.12. The summed E-state index contributed by atoms with van der Waals surface area (Å²) >= 11 is 0. The van der Waals surface area contributed by atoms with Crippen molar-refractivity contribution in [3.8, 4) is 0 Å². The Morgan fingerprint density at radius 3 is 2.50 bits per heavy atom. The molecule has 0 spiro atoms. The molecule has 0 fully saturated rings. The lowest BCUT2D eigenvalue weighted by Crippen LogP contribution is -2.26. The van der Waals surface area contributed by atoms with Crippen LogP contribution in [-0.2, 0) is 9.53 Å². The van der Waals surface area contributed by atoms with Crippen molar-refractivity contribution in [3.05, 3.63) is 65.2 Å². The van der Waals surface area contributed by atoms with Crippen molar-refractivity contribution in [1.82, 2.24) is 5.43 Å². The summed E-state index contributed by atoms with van der Waals surface area (Å²) in [7, 11) is 1.33. The third-order valence-corrected chi connectivity index (χ3v) is 3.32. The van der Waals surface area contributed by atoms with Crippen LogP contribution in [-0.4, -0.2) is 31.7 Å². The second-order valence-corrected chi connectivity index (χ2v) is 5.08. The number of ether oxygens (including phenoxy) is 1. The van der Waals surface area contributed by atoms with Gasteiger partial charge in [0.05, 0.1) is 25.4 Å². The van der Waals surface area contributed by atoms with Crippen LogP contribution in [0.2, 0.25) is 0 Å². The molecule has 1 amide bonds. The molecule has 6 heteroatoms. The number of anilines is 1. The molecule has 0 saturated carbocycles. The number of rotatable bonds is 6. The van der Waals surface area contributed by atoms with E-state index in [1.165, 1.54) is 13.3 Å². The molecule has 0 aliphatic carbocycles. The molecule has 0 atom stereocenters. The fourth-order valence-electron chi connectivity index (χ4n) is 1.99. The van der Waals surface area contributed by atoms with E-state index in [2.05, 4.69) is 20.6 Å². The molecule has 0 aliphatic rings. The van der Waals surface area contributed by atoms with Crippen LogP contribution in [0.1, 0.15) is 21.5 Å². The van der Waals surface area contributed by atoms with Crippen LogP contribution < -0.4 is 10.7 Å². The normalized spacial score (nSPS) is 10.4. The second kappa shape index (κ2) is 8.47. The van der Waals surface area contributed by atoms with E-state index < -0.39 is 5.97 Å². The topological polar surface area (TPSA) is 79.8 Å². The van der Waals surface area contributed by atoms with E-state index >= 15 is 0 Å². The van der Waals surface area contributed by atoms with E-state index in [1.54, 1.807) is 24.3 Å². The summed E-state index contributed by atoms with van der Waals surface area (Å²) in [5.74, 6) is -0.644. The van der Waals surface area contributed by atoms with Crippen LogP contribution >= 0.6 is 0 Å². The van der Waals surface area contributed by atoms with Crippen LogP contribution in [0.3, 0.4) is 0 Å². The Labute approximate surface area is 140 Å². The maximum atomic E-state index is 11.8. The number of hydrogen-bond acceptors (Lipinski definition) is 5. The molecule has 0 bridgehead atoms. The average Bonchev–Trinajstić information content (AvgIpc) is 2.61. The summed E-state index contributed by atoms with van der Waals surface area (Å²) in [4.78, 5) is 23.1. The number of methoxy groups -OCH3 is 1. The molecule has 0 unspecified atom stereocenters. The number of nitrogens with zero attached hydrogens (tertiary/aromatic N) is 1. The Hall–Kier alpha value is -3.15. The quantitative estimate of drug-likeness (QED) is 0.485. The standard InChI is InChI=1S/C18H19N3O3/c1-13-5-3-4-6-16(13)19-12-17(22)21-20-11-14-7-9-15(10-8-14)18(23)24-2/h3-11,19H,12H2,1-2H3,(H,21,22). The first-order chi connectivity index (χ1) is 11.6. The fourth-order valence-corrected chi connectivity index (χ4v) is 1.99. The Morgan fingerprint density at radius 2 is 1.83 bits per heavy atom. The van der Waals surface area contributed by atoms with Gasteiger partial charge in [0.25, 0.3) is 5.91 Å². The molecule has 0 radical (unpaired) electrons. The molecule has 0 aromatic heterocycles. The monoisotopic (exact) mass is 325 g/mol. The van der Waals surface area contributed by atoms with Crippen molar-refractivity contribution in [2.75, 3.05) is 19.0 Å². The predicted octanol–water partition coefficient (Wildman–Crippen LogP) is 2.34. The molecule has 124 valence electrons. The molecule has 0 heterocycles. The van der Waals surface area contributed by atoms with Crippen LogP contribution in [0, 0.1) is 6.92 Å². The van der Waals surface area contributed by atoms with Gasteiger partial charge in [0.15, 0.2) is 0 Å². The lowest BCUT2D eigenvalue weighted by atomic mass is 10.1. The maximum absolute atomic E-state index is 11.8. The van der Waals surface area contributed by atoms with Crippen LogP contribution in [0.4, 0.5) is 5.69 Å². The molecular weight excluding hydrogens is 306 g/mol. The summed E-state index contributed by atoms with van der Waals surface area (Å²) in [5, 5.41) is 6.94. The van der Waals surface area contributed by atoms with Gasteiger partial charge in [-0.2, -0.15) is 5.10 Å². The summed E-state index contributed by atoms with van der Waals surface area (Å²) in [6, 6.07) is 14.4. The van der Waals surface area contributed by atoms with Gasteiger partial charge in [-0.3, -0.25) is 4.79 Å². The number of hydrazone groups is 1. The van der Waals surface area contributed by atoms with E-state index in [9.17, 15) is 9.59 Å². The zero-order chi connectivity index (χ0) is 17.4. The van der Waals surface area contributed by atoms with Gasteiger partial charge in [0, 0.05) is 5.69 Å². The second-order valence-electron chi connectivity index (χ2n) is 5.08. The molecule has 2 N–H and O–H groups in total. The summed E-state index contributed by atoms with van der Waals surface area (Å²) < 4.78 is 4.62. The van der Waals surface area contributed by atoms with Gasteiger partial charge >= 0.3 is 5.97 Å². The van der Waals surface area contributed by atoms with Crippen molar-refractivity contribution in [3.63, 3.8) is 0 Å². The minimum atomic E-state index is -0.394. The average molecular weight is 325 g/mol. The van der Waals surface area contributed by atoms with E-state index in [-0.39, 0.29) is 12.5 Å². The van der Waals surface area contributed by atoms with E-state index in [0.717, 1.165) is 16.8 Å². The third-order valence-electron chi connectivity index (χ3n) is 3.32. The predicted molar refractivity (Wildman–Crippen MR) is 93.2 cm³/mol. The van der Waals surface area contributed by atoms with Crippen molar-refractivity contribution in [2.45, 2.75) is 6.92 Å². The molecule has 2 aromatic carbocycles. The number of nitrogens with one attached hydrogen (secondary N) is 2. The number of hydrogen-bond donors (Lipinski definition) is 2. The van der Waals surface area contributed by atoms with Gasteiger partial charge in [0.2, 0.25) is 0 Å². The first-order valence-electron chi connectivity index (χ1n) is 7.40. The largest absolute Gasteiger partial charge is 0.465 e. The first-order valence-corrected chi connectivity index (χ1v) is 7.40. The van der Waals surface area contributed by atoms with Gasteiger partial charge < -0.3 is 10.1 Å². The minimum Gasteiger partial charge on any atom is -0.465 e. The zero-order valence-electron chi connectivity index (χ0n) is 13.6. The van der Waals surface area contributed by atoms with Gasteiger partial charge in [-0.05, 0) is 36.2 Å². The zero-order valence-corrected chi connectivity index (χ0v) is 13.6. The van der Waals surface area contributed by atoms with Crippen LogP contribution in [0.5, 0.6) is 0 Å². The van der Waals surface area contributed by atoms with E-state index in [1.807, 2.05) is 31.2 Å². The van der Waals surface area contributed by atoms with E-state index in [0.29, 0.717) is 5.56 Å². The smallest absolute Gasteiger partial charge is 0.337 e. The van der Waals surface area contributed by atoms with Gasteiger partial charge in [-0.15, -0.1) is 0 Å². The van der Waals surface area contributed by atoms with Crippen molar-refractivity contribution < 1.29 is 14.3 Å². The molecule has 0 saturated heterocycles. The lowest BCUT2D eigenvalue weighted by molar-refractivity contribution is -0.119. The highest BCUT2D eigenvalue weighted by atomic mass is 16.5. The summed E-state index contributed by atoms with van der Waals surface area (Å²) in [5.41, 5.74) is 5.65. The molecule has 0 aliphatic heterocycles. The van der Waals surface area contributed by atoms with Gasteiger partial charge in [-0.1, -0.05) is 30.3 Å².